The third-order valence-electron chi connectivity index (χ3n) is 6.26. The molecule has 0 saturated carbocycles. The van der Waals surface area contributed by atoms with E-state index in [1.54, 1.807) is 0 Å². The van der Waals surface area contributed by atoms with E-state index in [0.29, 0.717) is 37.8 Å². The van der Waals surface area contributed by atoms with Crippen LogP contribution < -0.4 is 5.32 Å². The molecule has 1 aliphatic rings. The molecule has 4 aromatic rings. The molecule has 5 rings (SSSR count). The summed E-state index contributed by atoms with van der Waals surface area (Å²) >= 11 is 0. The molecule has 7 nitrogen and oxygen atoms in total. The minimum Gasteiger partial charge on any atom is -0.379 e. The Labute approximate surface area is 205 Å². The standard InChI is InChI=1S/C28H29N5O2/c1-19-13-20(2)31-28(30-19)32-25-8-4-7-24(15-25)27(34)33-11-12-35-18-21(17-33)14-23-6-3-5-22-9-10-29-16-26(22)23/h3-10,13,15-16,21H,11-12,14,17-18H2,1-2H3,(H,30,31,32)/t21-/m1/s1. The van der Waals surface area contributed by atoms with Gasteiger partial charge in [-0.2, -0.15) is 0 Å². The fourth-order valence-electron chi connectivity index (χ4n) is 4.68. The molecule has 3 heterocycles. The van der Waals surface area contributed by atoms with E-state index in [0.717, 1.165) is 28.9 Å². The fraction of sp³-hybridized carbons (Fsp3) is 0.286. The number of pyridine rings is 1. The molecule has 1 atom stereocenters. The van der Waals surface area contributed by atoms with Crippen LogP contribution in [0.1, 0.15) is 27.3 Å². The van der Waals surface area contributed by atoms with Crippen LogP contribution in [0.2, 0.25) is 0 Å². The molecule has 178 valence electrons. The molecule has 1 fully saturated rings. The fourth-order valence-corrected chi connectivity index (χ4v) is 4.68. The normalized spacial score (nSPS) is 16.2. The highest BCUT2D eigenvalue weighted by Crippen LogP contribution is 2.23. The van der Waals surface area contributed by atoms with Gasteiger partial charge in [-0.15, -0.1) is 0 Å². The van der Waals surface area contributed by atoms with Gasteiger partial charge in [0.25, 0.3) is 5.91 Å². The third-order valence-corrected chi connectivity index (χ3v) is 6.26. The first-order valence-corrected chi connectivity index (χ1v) is 11.9. The van der Waals surface area contributed by atoms with Gasteiger partial charge in [-0.1, -0.05) is 24.3 Å². The number of benzene rings is 2. The van der Waals surface area contributed by atoms with E-state index in [1.807, 2.05) is 67.5 Å². The lowest BCUT2D eigenvalue weighted by atomic mass is 9.95. The van der Waals surface area contributed by atoms with Crippen LogP contribution in [0.15, 0.2) is 67.0 Å². The number of hydrogen-bond donors (Lipinski definition) is 1. The summed E-state index contributed by atoms with van der Waals surface area (Å²) < 4.78 is 5.89. The summed E-state index contributed by atoms with van der Waals surface area (Å²) in [6.07, 6.45) is 4.57. The summed E-state index contributed by atoms with van der Waals surface area (Å²) in [7, 11) is 0. The van der Waals surface area contributed by atoms with Crippen LogP contribution in [0.25, 0.3) is 10.8 Å². The van der Waals surface area contributed by atoms with Gasteiger partial charge in [-0.25, -0.2) is 9.97 Å². The van der Waals surface area contributed by atoms with Crippen LogP contribution in [0, 0.1) is 19.8 Å². The van der Waals surface area contributed by atoms with Gasteiger partial charge in [-0.05, 0) is 61.5 Å². The molecule has 1 aliphatic heterocycles. The Hall–Kier alpha value is -3.84. The van der Waals surface area contributed by atoms with Crippen LogP contribution >= 0.6 is 0 Å². The lowest BCUT2D eigenvalue weighted by Gasteiger charge is -2.24. The summed E-state index contributed by atoms with van der Waals surface area (Å²) in [6, 6.07) is 17.8. The Kier molecular flexibility index (Phi) is 6.68. The number of nitrogens with zero attached hydrogens (tertiary/aromatic N) is 4. The molecule has 0 unspecified atom stereocenters. The highest BCUT2D eigenvalue weighted by atomic mass is 16.5. The molecule has 0 spiro atoms. The second-order valence-electron chi connectivity index (χ2n) is 9.09. The van der Waals surface area contributed by atoms with Crippen molar-refractivity contribution in [3.05, 3.63) is 89.5 Å². The van der Waals surface area contributed by atoms with Gasteiger partial charge in [0, 0.05) is 59.4 Å². The number of nitrogens with one attached hydrogen (secondary N) is 1. The Morgan fingerprint density at radius 3 is 2.77 bits per heavy atom. The van der Waals surface area contributed by atoms with Gasteiger partial charge in [0.15, 0.2) is 0 Å². The predicted octanol–water partition coefficient (Wildman–Crippen LogP) is 4.72. The Balaban J connectivity index is 1.32. The van der Waals surface area contributed by atoms with E-state index in [4.69, 9.17) is 4.74 Å². The lowest BCUT2D eigenvalue weighted by molar-refractivity contribution is 0.0737. The second kappa shape index (κ2) is 10.2. The van der Waals surface area contributed by atoms with Crippen molar-refractivity contribution in [3.8, 4) is 0 Å². The number of ether oxygens (including phenoxy) is 1. The molecule has 0 bridgehead atoms. The van der Waals surface area contributed by atoms with Gasteiger partial charge >= 0.3 is 0 Å². The van der Waals surface area contributed by atoms with Crippen molar-refractivity contribution in [2.45, 2.75) is 20.3 Å². The van der Waals surface area contributed by atoms with Gasteiger partial charge in [0.2, 0.25) is 5.95 Å². The monoisotopic (exact) mass is 467 g/mol. The van der Waals surface area contributed by atoms with E-state index in [2.05, 4.69) is 38.5 Å². The molecule has 2 aromatic carbocycles. The minimum absolute atomic E-state index is 0.00470. The number of carbonyl (C=O) groups excluding carboxylic acids is 1. The van der Waals surface area contributed by atoms with Crippen molar-refractivity contribution in [1.82, 2.24) is 19.9 Å². The smallest absolute Gasteiger partial charge is 0.254 e. The highest BCUT2D eigenvalue weighted by molar-refractivity contribution is 5.95. The van der Waals surface area contributed by atoms with Crippen LogP contribution in [-0.2, 0) is 11.2 Å². The van der Waals surface area contributed by atoms with Crippen molar-refractivity contribution in [2.75, 3.05) is 31.6 Å². The van der Waals surface area contributed by atoms with Gasteiger partial charge in [0.05, 0.1) is 13.2 Å². The lowest BCUT2D eigenvalue weighted by Crippen LogP contribution is -2.36. The Morgan fingerprint density at radius 2 is 1.91 bits per heavy atom. The predicted molar refractivity (Wildman–Crippen MR) is 137 cm³/mol. The number of aryl methyl sites for hydroxylation is 2. The van der Waals surface area contributed by atoms with Crippen molar-refractivity contribution in [1.29, 1.82) is 0 Å². The molecule has 1 N–H and O–H groups in total. The van der Waals surface area contributed by atoms with Crippen molar-refractivity contribution in [2.24, 2.45) is 5.92 Å². The Morgan fingerprint density at radius 1 is 1.09 bits per heavy atom. The number of carbonyl (C=O) groups is 1. The largest absolute Gasteiger partial charge is 0.379 e. The molecular formula is C28H29N5O2. The number of hydrogen-bond acceptors (Lipinski definition) is 6. The average Bonchev–Trinajstić information content (AvgIpc) is 3.09. The summed E-state index contributed by atoms with van der Waals surface area (Å²) in [5.41, 5.74) is 4.44. The maximum atomic E-state index is 13.5. The molecule has 0 aliphatic carbocycles. The molecule has 1 saturated heterocycles. The van der Waals surface area contributed by atoms with Crippen LogP contribution in [0.3, 0.4) is 0 Å². The van der Waals surface area contributed by atoms with Crippen LogP contribution in [0.5, 0.6) is 0 Å². The number of aromatic nitrogens is 3. The molecular weight excluding hydrogens is 438 g/mol. The molecule has 1 amide bonds. The quantitative estimate of drug-likeness (QED) is 0.458. The highest BCUT2D eigenvalue weighted by Gasteiger charge is 2.24. The van der Waals surface area contributed by atoms with Crippen molar-refractivity contribution >= 4 is 28.3 Å². The van der Waals surface area contributed by atoms with Crippen LogP contribution in [0.4, 0.5) is 11.6 Å². The second-order valence-corrected chi connectivity index (χ2v) is 9.09. The zero-order valence-corrected chi connectivity index (χ0v) is 20.1. The number of rotatable bonds is 5. The van der Waals surface area contributed by atoms with E-state index < -0.39 is 0 Å². The maximum absolute atomic E-state index is 13.5. The zero-order valence-electron chi connectivity index (χ0n) is 20.1. The van der Waals surface area contributed by atoms with Gasteiger partial charge < -0.3 is 15.0 Å². The van der Waals surface area contributed by atoms with E-state index in [1.165, 1.54) is 10.9 Å². The first-order valence-electron chi connectivity index (χ1n) is 11.9. The summed E-state index contributed by atoms with van der Waals surface area (Å²) in [6.45, 7) is 6.26. The number of fused-ring (bicyclic) bond motifs is 1. The Bertz CT molecular complexity index is 1330. The third kappa shape index (κ3) is 5.46. The first kappa shape index (κ1) is 22.9. The summed E-state index contributed by atoms with van der Waals surface area (Å²) in [4.78, 5) is 28.6. The van der Waals surface area contributed by atoms with E-state index in [9.17, 15) is 4.79 Å². The van der Waals surface area contributed by atoms with Gasteiger partial charge in [-0.3, -0.25) is 9.78 Å². The molecule has 35 heavy (non-hydrogen) atoms. The molecule has 2 aromatic heterocycles. The molecule has 7 heteroatoms. The van der Waals surface area contributed by atoms with E-state index >= 15 is 0 Å². The topological polar surface area (TPSA) is 80.2 Å². The number of anilines is 2. The molecule has 0 radical (unpaired) electrons. The maximum Gasteiger partial charge on any atom is 0.254 e. The zero-order chi connectivity index (χ0) is 24.2. The SMILES string of the molecule is Cc1cc(C)nc(Nc2cccc(C(=O)N3CCOC[C@H](Cc4cccc5ccncc45)C3)c2)n1. The van der Waals surface area contributed by atoms with Crippen molar-refractivity contribution in [3.63, 3.8) is 0 Å². The number of amides is 1. The summed E-state index contributed by atoms with van der Waals surface area (Å²) in [5.74, 6) is 0.738. The minimum atomic E-state index is 0.00470. The average molecular weight is 468 g/mol. The van der Waals surface area contributed by atoms with E-state index in [-0.39, 0.29) is 11.8 Å². The summed E-state index contributed by atoms with van der Waals surface area (Å²) in [5, 5.41) is 5.57. The first-order chi connectivity index (χ1) is 17.0. The van der Waals surface area contributed by atoms with Crippen LogP contribution in [-0.4, -0.2) is 52.1 Å². The van der Waals surface area contributed by atoms with Gasteiger partial charge in [0.1, 0.15) is 0 Å². The van der Waals surface area contributed by atoms with Crippen molar-refractivity contribution < 1.29 is 9.53 Å².